The normalized spacial score (nSPS) is 16.9. The number of nitrogens with zero attached hydrogens (tertiary/aromatic N) is 4. The third-order valence-corrected chi connectivity index (χ3v) is 4.70. The van der Waals surface area contributed by atoms with E-state index in [0.717, 1.165) is 10.9 Å². The van der Waals surface area contributed by atoms with Crippen LogP contribution in [0.3, 0.4) is 0 Å². The first-order chi connectivity index (χ1) is 12.6. The zero-order valence-corrected chi connectivity index (χ0v) is 14.1. The van der Waals surface area contributed by atoms with E-state index < -0.39 is 12.0 Å². The number of carbonyl (C=O) groups is 2. The number of carbonyl (C=O) groups excluding carboxylic acids is 1. The Labute approximate surface area is 149 Å². The van der Waals surface area contributed by atoms with Crippen molar-refractivity contribution in [3.8, 4) is 0 Å². The van der Waals surface area contributed by atoms with Gasteiger partial charge in [0, 0.05) is 18.1 Å². The molecule has 0 unspecified atom stereocenters. The van der Waals surface area contributed by atoms with Crippen molar-refractivity contribution < 1.29 is 14.7 Å². The van der Waals surface area contributed by atoms with E-state index in [0.29, 0.717) is 37.1 Å². The van der Waals surface area contributed by atoms with Crippen LogP contribution in [0.5, 0.6) is 0 Å². The standard InChI is InChI=1S/C19H18N4O3/c24-18(22-8-4-7-16(22)19(25)26)15-9-14-11-21-23(17(14)20-10-15)12-13-5-2-1-3-6-13/h1-3,5-6,9-11,16H,4,7-8,12H2,(H,25,26)/t16-/m1/s1. The molecule has 4 rings (SSSR count). The number of aromatic nitrogens is 3. The van der Waals surface area contributed by atoms with Crippen molar-refractivity contribution >= 4 is 22.9 Å². The summed E-state index contributed by atoms with van der Waals surface area (Å²) in [6.07, 6.45) is 4.38. The van der Waals surface area contributed by atoms with E-state index in [1.807, 2.05) is 30.3 Å². The van der Waals surface area contributed by atoms with Crippen LogP contribution in [-0.4, -0.2) is 49.2 Å². The monoisotopic (exact) mass is 350 g/mol. The van der Waals surface area contributed by atoms with Gasteiger partial charge in [0.05, 0.1) is 18.3 Å². The van der Waals surface area contributed by atoms with Gasteiger partial charge in [0.2, 0.25) is 0 Å². The predicted molar refractivity (Wildman–Crippen MR) is 94.8 cm³/mol. The van der Waals surface area contributed by atoms with Crippen molar-refractivity contribution in [1.82, 2.24) is 19.7 Å². The van der Waals surface area contributed by atoms with Crippen LogP contribution >= 0.6 is 0 Å². The van der Waals surface area contributed by atoms with Gasteiger partial charge >= 0.3 is 5.97 Å². The minimum absolute atomic E-state index is 0.292. The van der Waals surface area contributed by atoms with Gasteiger partial charge in [-0.3, -0.25) is 4.79 Å². The van der Waals surface area contributed by atoms with Gasteiger partial charge in [-0.2, -0.15) is 5.10 Å². The summed E-state index contributed by atoms with van der Waals surface area (Å²) in [5, 5.41) is 14.4. The van der Waals surface area contributed by atoms with Gasteiger partial charge in [0.25, 0.3) is 5.91 Å². The number of benzene rings is 1. The van der Waals surface area contributed by atoms with Crippen LogP contribution < -0.4 is 0 Å². The first kappa shape index (κ1) is 16.3. The molecule has 0 saturated carbocycles. The number of fused-ring (bicyclic) bond motifs is 1. The minimum atomic E-state index is -0.958. The number of hydrogen-bond acceptors (Lipinski definition) is 4. The van der Waals surface area contributed by atoms with Gasteiger partial charge in [0.15, 0.2) is 5.65 Å². The zero-order chi connectivity index (χ0) is 18.1. The molecule has 3 heterocycles. The Morgan fingerprint density at radius 1 is 1.19 bits per heavy atom. The van der Waals surface area contributed by atoms with E-state index in [4.69, 9.17) is 0 Å². The van der Waals surface area contributed by atoms with Gasteiger partial charge in [-0.1, -0.05) is 30.3 Å². The van der Waals surface area contributed by atoms with E-state index in [-0.39, 0.29) is 5.91 Å². The molecular formula is C19H18N4O3. The maximum atomic E-state index is 12.7. The first-order valence-electron chi connectivity index (χ1n) is 8.53. The first-order valence-corrected chi connectivity index (χ1v) is 8.53. The Kier molecular flexibility index (Phi) is 4.12. The van der Waals surface area contributed by atoms with Crippen molar-refractivity contribution in [2.45, 2.75) is 25.4 Å². The third kappa shape index (κ3) is 2.92. The molecule has 1 N–H and O–H groups in total. The molecule has 132 valence electrons. The average molecular weight is 350 g/mol. The van der Waals surface area contributed by atoms with Crippen LogP contribution in [0.25, 0.3) is 11.0 Å². The zero-order valence-electron chi connectivity index (χ0n) is 14.1. The second-order valence-corrected chi connectivity index (χ2v) is 6.42. The number of carboxylic acid groups (broad SMARTS) is 1. The molecule has 1 atom stereocenters. The van der Waals surface area contributed by atoms with Crippen molar-refractivity contribution in [1.29, 1.82) is 0 Å². The summed E-state index contributed by atoms with van der Waals surface area (Å²) in [6.45, 7) is 1.05. The molecule has 2 aromatic heterocycles. The molecule has 0 bridgehead atoms. The van der Waals surface area contributed by atoms with Crippen LogP contribution in [0.15, 0.2) is 48.8 Å². The summed E-state index contributed by atoms with van der Waals surface area (Å²) < 4.78 is 1.79. The predicted octanol–water partition coefficient (Wildman–Crippen LogP) is 2.17. The van der Waals surface area contributed by atoms with Gasteiger partial charge in [0.1, 0.15) is 6.04 Å². The Morgan fingerprint density at radius 2 is 2.00 bits per heavy atom. The Balaban J connectivity index is 1.60. The number of aliphatic carboxylic acids is 1. The summed E-state index contributed by atoms with van der Waals surface area (Å²) in [5.74, 6) is -1.25. The molecule has 1 aliphatic heterocycles. The Bertz CT molecular complexity index is 967. The van der Waals surface area contributed by atoms with Gasteiger partial charge in [-0.15, -0.1) is 0 Å². The number of rotatable bonds is 4. The lowest BCUT2D eigenvalue weighted by Crippen LogP contribution is -2.40. The maximum Gasteiger partial charge on any atom is 0.326 e. The molecule has 3 aromatic rings. The lowest BCUT2D eigenvalue weighted by Gasteiger charge is -2.21. The highest BCUT2D eigenvalue weighted by molar-refractivity contribution is 5.99. The summed E-state index contributed by atoms with van der Waals surface area (Å²) in [7, 11) is 0. The average Bonchev–Trinajstić information content (AvgIpc) is 3.29. The second kappa shape index (κ2) is 6.59. The highest BCUT2D eigenvalue weighted by atomic mass is 16.4. The fourth-order valence-electron chi connectivity index (χ4n) is 3.39. The number of pyridine rings is 1. The highest BCUT2D eigenvalue weighted by Gasteiger charge is 2.34. The molecule has 0 radical (unpaired) electrons. The molecule has 1 amide bonds. The van der Waals surface area contributed by atoms with E-state index >= 15 is 0 Å². The molecule has 7 nitrogen and oxygen atoms in total. The van der Waals surface area contributed by atoms with Crippen molar-refractivity contribution in [2.75, 3.05) is 6.54 Å². The van der Waals surface area contributed by atoms with Crippen molar-refractivity contribution in [3.05, 3.63) is 59.9 Å². The van der Waals surface area contributed by atoms with Crippen LogP contribution in [0, 0.1) is 0 Å². The molecule has 26 heavy (non-hydrogen) atoms. The van der Waals surface area contributed by atoms with E-state index in [2.05, 4.69) is 10.1 Å². The summed E-state index contributed by atoms with van der Waals surface area (Å²) >= 11 is 0. The van der Waals surface area contributed by atoms with E-state index in [1.165, 1.54) is 11.1 Å². The molecule has 7 heteroatoms. The summed E-state index contributed by atoms with van der Waals surface area (Å²) in [5.41, 5.74) is 2.20. The van der Waals surface area contributed by atoms with E-state index in [9.17, 15) is 14.7 Å². The molecule has 1 aromatic carbocycles. The number of likely N-dealkylation sites (tertiary alicyclic amines) is 1. The number of amides is 1. The number of hydrogen-bond donors (Lipinski definition) is 1. The maximum absolute atomic E-state index is 12.7. The highest BCUT2D eigenvalue weighted by Crippen LogP contribution is 2.22. The quantitative estimate of drug-likeness (QED) is 0.779. The fourth-order valence-corrected chi connectivity index (χ4v) is 3.39. The molecule has 1 aliphatic rings. The topological polar surface area (TPSA) is 88.3 Å². The van der Waals surface area contributed by atoms with Crippen LogP contribution in [0.1, 0.15) is 28.8 Å². The molecule has 0 aliphatic carbocycles. The van der Waals surface area contributed by atoms with Crippen molar-refractivity contribution in [2.24, 2.45) is 0 Å². The minimum Gasteiger partial charge on any atom is -0.480 e. The SMILES string of the molecule is O=C(O)[C@H]1CCCN1C(=O)c1cnc2c(cnn2Cc2ccccc2)c1. The Morgan fingerprint density at radius 3 is 2.77 bits per heavy atom. The lowest BCUT2D eigenvalue weighted by molar-refractivity contribution is -0.141. The van der Waals surface area contributed by atoms with Gasteiger partial charge in [-0.25, -0.2) is 14.5 Å². The van der Waals surface area contributed by atoms with Gasteiger partial charge in [-0.05, 0) is 24.5 Å². The molecular weight excluding hydrogens is 332 g/mol. The molecule has 1 fully saturated rings. The van der Waals surface area contributed by atoms with Gasteiger partial charge < -0.3 is 10.0 Å². The largest absolute Gasteiger partial charge is 0.480 e. The smallest absolute Gasteiger partial charge is 0.326 e. The number of carboxylic acids is 1. The molecule has 0 spiro atoms. The fraction of sp³-hybridized carbons (Fsp3) is 0.263. The molecule has 1 saturated heterocycles. The van der Waals surface area contributed by atoms with Crippen LogP contribution in [0.2, 0.25) is 0 Å². The van der Waals surface area contributed by atoms with Crippen molar-refractivity contribution in [3.63, 3.8) is 0 Å². The summed E-state index contributed by atoms with van der Waals surface area (Å²) in [6, 6.07) is 10.9. The lowest BCUT2D eigenvalue weighted by atomic mass is 10.2. The Hall–Kier alpha value is -3.22. The van der Waals surface area contributed by atoms with E-state index in [1.54, 1.807) is 16.9 Å². The third-order valence-electron chi connectivity index (χ3n) is 4.70. The second-order valence-electron chi connectivity index (χ2n) is 6.42. The van der Waals surface area contributed by atoms with Crippen LogP contribution in [-0.2, 0) is 11.3 Å². The van der Waals surface area contributed by atoms with Crippen LogP contribution in [0.4, 0.5) is 0 Å². The summed E-state index contributed by atoms with van der Waals surface area (Å²) in [4.78, 5) is 29.8.